The van der Waals surface area contributed by atoms with Crippen LogP contribution in [-0.4, -0.2) is 24.9 Å². The quantitative estimate of drug-likeness (QED) is 0.480. The maximum Gasteiger partial charge on any atom is 0.0845 e. The summed E-state index contributed by atoms with van der Waals surface area (Å²) in [6.07, 6.45) is 4.45. The average molecular weight is 126 g/mol. The summed E-state index contributed by atoms with van der Waals surface area (Å²) < 4.78 is 10.5. The summed E-state index contributed by atoms with van der Waals surface area (Å²) in [4.78, 5) is 0. The van der Waals surface area contributed by atoms with E-state index in [9.17, 15) is 0 Å². The van der Waals surface area contributed by atoms with E-state index in [1.54, 1.807) is 0 Å². The molecular formula is C7H10O2. The highest BCUT2D eigenvalue weighted by Gasteiger charge is 2.52. The summed E-state index contributed by atoms with van der Waals surface area (Å²) in [7, 11) is 0. The Bertz CT molecular complexity index is 132. The first-order chi connectivity index (χ1) is 4.43. The largest absolute Gasteiger partial charge is 0.373 e. The molecule has 2 heterocycles. The SMILES string of the molecule is C1OC1C1CC2OC2C1. The first kappa shape index (κ1) is 4.69. The van der Waals surface area contributed by atoms with E-state index in [0.717, 1.165) is 12.5 Å². The molecule has 3 unspecified atom stereocenters. The number of fused-ring (bicyclic) bond motifs is 1. The molecule has 0 radical (unpaired) electrons. The number of hydrogen-bond donors (Lipinski definition) is 0. The van der Waals surface area contributed by atoms with Gasteiger partial charge in [0.1, 0.15) is 0 Å². The van der Waals surface area contributed by atoms with Crippen LogP contribution >= 0.6 is 0 Å². The molecule has 2 saturated heterocycles. The van der Waals surface area contributed by atoms with Gasteiger partial charge in [0.05, 0.1) is 24.9 Å². The molecular weight excluding hydrogens is 116 g/mol. The summed E-state index contributed by atoms with van der Waals surface area (Å²) in [5.74, 6) is 0.855. The molecule has 0 N–H and O–H groups in total. The van der Waals surface area contributed by atoms with E-state index in [1.807, 2.05) is 0 Å². The fraction of sp³-hybridized carbons (Fsp3) is 1.00. The van der Waals surface area contributed by atoms with Gasteiger partial charge >= 0.3 is 0 Å². The van der Waals surface area contributed by atoms with Gasteiger partial charge in [-0.3, -0.25) is 0 Å². The van der Waals surface area contributed by atoms with Crippen molar-refractivity contribution in [1.82, 2.24) is 0 Å². The van der Waals surface area contributed by atoms with Gasteiger partial charge in [0, 0.05) is 0 Å². The Morgan fingerprint density at radius 1 is 1.00 bits per heavy atom. The smallest absolute Gasteiger partial charge is 0.0845 e. The van der Waals surface area contributed by atoms with Crippen LogP contribution in [0, 0.1) is 5.92 Å². The van der Waals surface area contributed by atoms with Crippen molar-refractivity contribution in [1.29, 1.82) is 0 Å². The van der Waals surface area contributed by atoms with Gasteiger partial charge < -0.3 is 9.47 Å². The zero-order chi connectivity index (χ0) is 5.84. The lowest BCUT2D eigenvalue weighted by molar-refractivity contribution is 0.234. The van der Waals surface area contributed by atoms with Crippen molar-refractivity contribution in [3.05, 3.63) is 0 Å². The molecule has 0 spiro atoms. The van der Waals surface area contributed by atoms with E-state index in [2.05, 4.69) is 0 Å². The third kappa shape index (κ3) is 0.634. The molecule has 2 nitrogen and oxygen atoms in total. The topological polar surface area (TPSA) is 25.1 Å². The van der Waals surface area contributed by atoms with Gasteiger partial charge in [0.25, 0.3) is 0 Å². The highest BCUT2D eigenvalue weighted by atomic mass is 16.6. The van der Waals surface area contributed by atoms with Crippen LogP contribution in [-0.2, 0) is 9.47 Å². The van der Waals surface area contributed by atoms with E-state index in [1.165, 1.54) is 12.8 Å². The van der Waals surface area contributed by atoms with Gasteiger partial charge in [-0.1, -0.05) is 0 Å². The Labute approximate surface area is 54.1 Å². The van der Waals surface area contributed by atoms with Gasteiger partial charge in [-0.05, 0) is 18.8 Å². The Morgan fingerprint density at radius 3 is 2.22 bits per heavy atom. The standard InChI is InChI=1S/C7H10O2/c1-4(7-3-8-7)2-6-5(1)9-6/h4-7H,1-3H2. The summed E-state index contributed by atoms with van der Waals surface area (Å²) in [6.45, 7) is 1.02. The van der Waals surface area contributed by atoms with E-state index >= 15 is 0 Å². The van der Waals surface area contributed by atoms with Crippen molar-refractivity contribution >= 4 is 0 Å². The lowest BCUT2D eigenvalue weighted by atomic mass is 10.0. The molecule has 0 amide bonds. The molecule has 50 valence electrons. The van der Waals surface area contributed by atoms with Crippen molar-refractivity contribution in [2.45, 2.75) is 31.2 Å². The third-order valence-corrected chi connectivity index (χ3v) is 2.64. The van der Waals surface area contributed by atoms with E-state index in [-0.39, 0.29) is 0 Å². The molecule has 0 aromatic rings. The van der Waals surface area contributed by atoms with Crippen LogP contribution < -0.4 is 0 Å². The molecule has 3 fully saturated rings. The van der Waals surface area contributed by atoms with Gasteiger partial charge in [0.2, 0.25) is 0 Å². The first-order valence-electron chi connectivity index (χ1n) is 3.70. The van der Waals surface area contributed by atoms with Crippen molar-refractivity contribution in [3.63, 3.8) is 0 Å². The van der Waals surface area contributed by atoms with Crippen LogP contribution in [0.3, 0.4) is 0 Å². The molecule has 2 aliphatic heterocycles. The van der Waals surface area contributed by atoms with Crippen LogP contribution in [0.5, 0.6) is 0 Å². The maximum atomic E-state index is 5.31. The number of epoxide rings is 2. The average Bonchev–Trinajstić information content (AvgIpc) is 2.72. The lowest BCUT2D eigenvalue weighted by Crippen LogP contribution is -2.06. The fourth-order valence-electron chi connectivity index (χ4n) is 1.92. The first-order valence-corrected chi connectivity index (χ1v) is 3.70. The van der Waals surface area contributed by atoms with Crippen LogP contribution in [0.1, 0.15) is 12.8 Å². The summed E-state index contributed by atoms with van der Waals surface area (Å²) in [5, 5.41) is 0. The molecule has 0 aromatic heterocycles. The monoisotopic (exact) mass is 126 g/mol. The van der Waals surface area contributed by atoms with E-state index in [0.29, 0.717) is 18.3 Å². The fourth-order valence-corrected chi connectivity index (χ4v) is 1.92. The molecule has 1 saturated carbocycles. The molecule has 0 aromatic carbocycles. The Kier molecular flexibility index (Phi) is 0.691. The van der Waals surface area contributed by atoms with E-state index in [4.69, 9.17) is 9.47 Å². The van der Waals surface area contributed by atoms with Gasteiger partial charge in [-0.2, -0.15) is 0 Å². The Morgan fingerprint density at radius 2 is 1.67 bits per heavy atom. The third-order valence-electron chi connectivity index (χ3n) is 2.64. The minimum absolute atomic E-state index is 0.626. The van der Waals surface area contributed by atoms with Crippen molar-refractivity contribution < 1.29 is 9.47 Å². The van der Waals surface area contributed by atoms with Crippen LogP contribution in [0.2, 0.25) is 0 Å². The van der Waals surface area contributed by atoms with Crippen molar-refractivity contribution in [3.8, 4) is 0 Å². The molecule has 0 bridgehead atoms. The molecule has 3 atom stereocenters. The number of rotatable bonds is 1. The molecule has 1 aliphatic carbocycles. The second-order valence-electron chi connectivity index (χ2n) is 3.32. The predicted octanol–water partition coefficient (Wildman–Crippen LogP) is 0.563. The number of ether oxygens (including phenoxy) is 2. The Hall–Kier alpha value is -0.0800. The van der Waals surface area contributed by atoms with Crippen LogP contribution in [0.15, 0.2) is 0 Å². The maximum absolute atomic E-state index is 5.31. The Balaban J connectivity index is 1.69. The summed E-state index contributed by atoms with van der Waals surface area (Å²) >= 11 is 0. The van der Waals surface area contributed by atoms with Gasteiger partial charge in [-0.15, -0.1) is 0 Å². The van der Waals surface area contributed by atoms with Crippen molar-refractivity contribution in [2.24, 2.45) is 5.92 Å². The van der Waals surface area contributed by atoms with Crippen LogP contribution in [0.4, 0.5) is 0 Å². The second-order valence-corrected chi connectivity index (χ2v) is 3.32. The summed E-state index contributed by atoms with van der Waals surface area (Å²) in [5.41, 5.74) is 0. The summed E-state index contributed by atoms with van der Waals surface area (Å²) in [6, 6.07) is 0. The molecule has 9 heavy (non-hydrogen) atoms. The van der Waals surface area contributed by atoms with Crippen LogP contribution in [0.25, 0.3) is 0 Å². The molecule has 3 rings (SSSR count). The van der Waals surface area contributed by atoms with Gasteiger partial charge in [-0.25, -0.2) is 0 Å². The zero-order valence-electron chi connectivity index (χ0n) is 5.25. The minimum atomic E-state index is 0.626. The van der Waals surface area contributed by atoms with Crippen molar-refractivity contribution in [2.75, 3.05) is 6.61 Å². The normalized spacial score (nSPS) is 61.3. The zero-order valence-corrected chi connectivity index (χ0v) is 5.25. The number of hydrogen-bond acceptors (Lipinski definition) is 2. The highest BCUT2D eigenvalue weighted by molar-refractivity contribution is 5.00. The highest BCUT2D eigenvalue weighted by Crippen LogP contribution is 2.46. The van der Waals surface area contributed by atoms with E-state index < -0.39 is 0 Å². The second kappa shape index (κ2) is 1.32. The van der Waals surface area contributed by atoms with Gasteiger partial charge in [0.15, 0.2) is 0 Å². The molecule has 3 aliphatic rings. The lowest BCUT2D eigenvalue weighted by Gasteiger charge is -2.04. The minimum Gasteiger partial charge on any atom is -0.373 e. The predicted molar refractivity (Wildman–Crippen MR) is 31.1 cm³/mol. The molecule has 2 heteroatoms.